The SMILES string of the molecule is C=C(F)c1cnsc1C(=C)C(C)C. The van der Waals surface area contributed by atoms with E-state index >= 15 is 0 Å². The van der Waals surface area contributed by atoms with E-state index in [0.717, 1.165) is 10.5 Å². The average molecular weight is 197 g/mol. The monoisotopic (exact) mass is 197 g/mol. The fourth-order valence-electron chi connectivity index (χ4n) is 0.927. The van der Waals surface area contributed by atoms with Crippen molar-refractivity contribution in [2.75, 3.05) is 0 Å². The van der Waals surface area contributed by atoms with E-state index < -0.39 is 5.83 Å². The van der Waals surface area contributed by atoms with Gasteiger partial charge in [-0.1, -0.05) is 27.0 Å². The maximum atomic E-state index is 12.9. The molecule has 0 fully saturated rings. The molecule has 0 atom stereocenters. The summed E-state index contributed by atoms with van der Waals surface area (Å²) in [6, 6.07) is 0. The Morgan fingerprint density at radius 2 is 2.15 bits per heavy atom. The molecule has 0 unspecified atom stereocenters. The lowest BCUT2D eigenvalue weighted by Crippen LogP contribution is -1.91. The summed E-state index contributed by atoms with van der Waals surface area (Å²) < 4.78 is 16.8. The highest BCUT2D eigenvalue weighted by Crippen LogP contribution is 2.31. The lowest BCUT2D eigenvalue weighted by atomic mass is 10.0. The fourth-order valence-corrected chi connectivity index (χ4v) is 1.80. The molecule has 0 saturated carbocycles. The molecule has 13 heavy (non-hydrogen) atoms. The normalized spacial score (nSPS) is 10.5. The number of nitrogens with zero attached hydrogens (tertiary/aromatic N) is 1. The molecule has 70 valence electrons. The smallest absolute Gasteiger partial charge is 0.126 e. The van der Waals surface area contributed by atoms with Crippen molar-refractivity contribution in [2.45, 2.75) is 13.8 Å². The molecule has 0 radical (unpaired) electrons. The Morgan fingerprint density at radius 1 is 1.54 bits per heavy atom. The second kappa shape index (κ2) is 3.83. The van der Waals surface area contributed by atoms with Crippen molar-refractivity contribution in [3.05, 3.63) is 29.8 Å². The highest BCUT2D eigenvalue weighted by Gasteiger charge is 2.13. The number of allylic oxidation sites excluding steroid dienone is 1. The summed E-state index contributed by atoms with van der Waals surface area (Å²) in [6.07, 6.45) is 1.50. The van der Waals surface area contributed by atoms with Crippen LogP contribution in [0.5, 0.6) is 0 Å². The van der Waals surface area contributed by atoms with Gasteiger partial charge in [0, 0.05) is 5.56 Å². The van der Waals surface area contributed by atoms with Crippen molar-refractivity contribution < 1.29 is 4.39 Å². The number of aromatic nitrogens is 1. The predicted octanol–water partition coefficient (Wildman–Crippen LogP) is 3.75. The van der Waals surface area contributed by atoms with Crippen molar-refractivity contribution >= 4 is 22.9 Å². The standard InChI is InChI=1S/C10H12FNS/c1-6(2)7(3)10-9(8(4)11)5-12-13-10/h5-6H,3-4H2,1-2H3. The molecule has 0 N–H and O–H groups in total. The molecule has 0 aliphatic carbocycles. The third-order valence-corrected chi connectivity index (χ3v) is 2.73. The van der Waals surface area contributed by atoms with Gasteiger partial charge in [0.15, 0.2) is 0 Å². The summed E-state index contributed by atoms with van der Waals surface area (Å²) in [5.74, 6) is -0.135. The van der Waals surface area contributed by atoms with E-state index in [1.54, 1.807) is 0 Å². The van der Waals surface area contributed by atoms with Crippen LogP contribution in [0.1, 0.15) is 24.3 Å². The Morgan fingerprint density at radius 3 is 2.62 bits per heavy atom. The lowest BCUT2D eigenvalue weighted by Gasteiger charge is -2.07. The van der Waals surface area contributed by atoms with Crippen molar-refractivity contribution in [3.63, 3.8) is 0 Å². The predicted molar refractivity (Wildman–Crippen MR) is 56.1 cm³/mol. The van der Waals surface area contributed by atoms with E-state index in [4.69, 9.17) is 0 Å². The maximum absolute atomic E-state index is 12.9. The molecule has 1 aromatic rings. The van der Waals surface area contributed by atoms with Crippen molar-refractivity contribution in [1.82, 2.24) is 4.37 Å². The summed E-state index contributed by atoms with van der Waals surface area (Å²) in [6.45, 7) is 11.2. The average Bonchev–Trinajstić information content (AvgIpc) is 2.50. The Bertz CT molecular complexity index is 338. The van der Waals surface area contributed by atoms with Crippen LogP contribution in [-0.2, 0) is 0 Å². The molecule has 3 heteroatoms. The Kier molecular flexibility index (Phi) is 2.98. The Hall–Kier alpha value is -0.960. The van der Waals surface area contributed by atoms with Gasteiger partial charge in [-0.15, -0.1) is 0 Å². The van der Waals surface area contributed by atoms with Crippen LogP contribution in [-0.4, -0.2) is 4.37 Å². The van der Waals surface area contributed by atoms with Crippen LogP contribution in [0.4, 0.5) is 4.39 Å². The van der Waals surface area contributed by atoms with Crippen molar-refractivity contribution in [2.24, 2.45) is 5.92 Å². The highest BCUT2D eigenvalue weighted by atomic mass is 32.1. The van der Waals surface area contributed by atoms with E-state index in [0.29, 0.717) is 11.5 Å². The van der Waals surface area contributed by atoms with Crippen LogP contribution in [0.2, 0.25) is 0 Å². The van der Waals surface area contributed by atoms with Gasteiger partial charge in [-0.3, -0.25) is 0 Å². The molecule has 0 bridgehead atoms. The Balaban J connectivity index is 3.08. The minimum atomic E-state index is -0.439. The van der Waals surface area contributed by atoms with Gasteiger partial charge in [0.25, 0.3) is 0 Å². The van der Waals surface area contributed by atoms with E-state index in [-0.39, 0.29) is 0 Å². The van der Waals surface area contributed by atoms with Crippen LogP contribution in [0, 0.1) is 5.92 Å². The zero-order valence-corrected chi connectivity index (χ0v) is 8.62. The summed E-state index contributed by atoms with van der Waals surface area (Å²) in [7, 11) is 0. The number of halogens is 1. The summed E-state index contributed by atoms with van der Waals surface area (Å²) in [5.41, 5.74) is 1.39. The van der Waals surface area contributed by atoms with Crippen LogP contribution >= 0.6 is 11.5 Å². The molecule has 1 nitrogen and oxygen atoms in total. The second-order valence-corrected chi connectivity index (χ2v) is 3.96. The van der Waals surface area contributed by atoms with E-state index in [9.17, 15) is 4.39 Å². The molecule has 0 aliphatic heterocycles. The fraction of sp³-hybridized carbons (Fsp3) is 0.300. The van der Waals surface area contributed by atoms with Gasteiger partial charge in [0.2, 0.25) is 0 Å². The second-order valence-electron chi connectivity index (χ2n) is 3.15. The number of hydrogen-bond acceptors (Lipinski definition) is 2. The zero-order chi connectivity index (χ0) is 10.0. The first-order valence-electron chi connectivity index (χ1n) is 4.02. The first kappa shape index (κ1) is 10.1. The van der Waals surface area contributed by atoms with E-state index in [2.05, 4.69) is 17.5 Å². The van der Waals surface area contributed by atoms with Crippen molar-refractivity contribution in [3.8, 4) is 0 Å². The molecular formula is C10H12FNS. The molecule has 0 aliphatic rings. The van der Waals surface area contributed by atoms with Gasteiger partial charge < -0.3 is 0 Å². The van der Waals surface area contributed by atoms with E-state index in [1.165, 1.54) is 17.7 Å². The summed E-state index contributed by atoms with van der Waals surface area (Å²) in [5, 5.41) is 0. The maximum Gasteiger partial charge on any atom is 0.126 e. The third kappa shape index (κ3) is 2.04. The summed E-state index contributed by atoms with van der Waals surface area (Å²) in [4.78, 5) is 0.808. The van der Waals surface area contributed by atoms with Crippen LogP contribution in [0.3, 0.4) is 0 Å². The number of hydrogen-bond donors (Lipinski definition) is 0. The molecular weight excluding hydrogens is 185 g/mol. The first-order valence-corrected chi connectivity index (χ1v) is 4.80. The van der Waals surface area contributed by atoms with Gasteiger partial charge in [-0.25, -0.2) is 4.39 Å². The Labute approximate surface area is 81.8 Å². The highest BCUT2D eigenvalue weighted by molar-refractivity contribution is 7.07. The molecule has 0 aromatic carbocycles. The lowest BCUT2D eigenvalue weighted by molar-refractivity contribution is 0.762. The first-order chi connectivity index (χ1) is 6.04. The number of rotatable bonds is 3. The van der Waals surface area contributed by atoms with Gasteiger partial charge in [0.1, 0.15) is 5.83 Å². The van der Waals surface area contributed by atoms with Crippen LogP contribution < -0.4 is 0 Å². The summed E-state index contributed by atoms with van der Waals surface area (Å²) >= 11 is 1.26. The molecule has 0 amide bonds. The minimum absolute atomic E-state index is 0.304. The molecule has 1 rings (SSSR count). The minimum Gasteiger partial charge on any atom is -0.207 e. The molecule has 0 spiro atoms. The zero-order valence-electron chi connectivity index (χ0n) is 7.80. The molecule has 1 aromatic heterocycles. The largest absolute Gasteiger partial charge is 0.207 e. The molecule has 0 saturated heterocycles. The van der Waals surface area contributed by atoms with Gasteiger partial charge in [-0.05, 0) is 23.0 Å². The van der Waals surface area contributed by atoms with Gasteiger partial charge in [-0.2, -0.15) is 4.37 Å². The quantitative estimate of drug-likeness (QED) is 0.719. The topological polar surface area (TPSA) is 12.9 Å². The van der Waals surface area contributed by atoms with Gasteiger partial charge in [0.05, 0.1) is 11.1 Å². The third-order valence-electron chi connectivity index (χ3n) is 1.85. The van der Waals surface area contributed by atoms with Crippen LogP contribution in [0.25, 0.3) is 11.4 Å². The molecule has 1 heterocycles. The van der Waals surface area contributed by atoms with Gasteiger partial charge >= 0.3 is 0 Å². The van der Waals surface area contributed by atoms with Crippen molar-refractivity contribution in [1.29, 1.82) is 0 Å². The van der Waals surface area contributed by atoms with E-state index in [1.807, 2.05) is 13.8 Å². The van der Waals surface area contributed by atoms with Crippen LogP contribution in [0.15, 0.2) is 19.4 Å².